The van der Waals surface area contributed by atoms with Crippen molar-refractivity contribution in [2.75, 3.05) is 20.7 Å². The zero-order valence-electron chi connectivity index (χ0n) is 8.06. The van der Waals surface area contributed by atoms with Gasteiger partial charge in [0.2, 0.25) is 0 Å². The van der Waals surface area contributed by atoms with E-state index in [4.69, 9.17) is 4.74 Å². The van der Waals surface area contributed by atoms with Crippen molar-refractivity contribution in [3.63, 3.8) is 0 Å². The van der Waals surface area contributed by atoms with E-state index in [0.717, 1.165) is 13.0 Å². The number of nitrogens with zero attached hydrogens (tertiary/aromatic N) is 1. The molecule has 3 aliphatic rings. The number of methoxy groups -OCH3 is 1. The summed E-state index contributed by atoms with van der Waals surface area (Å²) in [4.78, 5) is 13.7. The quantitative estimate of drug-likeness (QED) is 0.440. The highest BCUT2D eigenvalue weighted by molar-refractivity contribution is 5.74. The standard InChI is InChI=1S/C10H15NO2/c1-11-6-7-3-4-9(11)8(5-7)10(12)13-2/h3-4,7-9H,5-6H2,1-2H3/t7-,8-,9-/m1/s1. The Bertz CT molecular complexity index is 249. The van der Waals surface area contributed by atoms with Gasteiger partial charge in [0.15, 0.2) is 0 Å². The Morgan fingerprint density at radius 2 is 2.31 bits per heavy atom. The van der Waals surface area contributed by atoms with Gasteiger partial charge in [-0.3, -0.25) is 9.69 Å². The van der Waals surface area contributed by atoms with Crippen molar-refractivity contribution in [2.45, 2.75) is 12.5 Å². The summed E-state index contributed by atoms with van der Waals surface area (Å²) < 4.78 is 4.79. The Balaban J connectivity index is 2.16. The summed E-state index contributed by atoms with van der Waals surface area (Å²) in [6, 6.07) is 0.262. The van der Waals surface area contributed by atoms with Crippen molar-refractivity contribution >= 4 is 5.97 Å². The highest BCUT2D eigenvalue weighted by atomic mass is 16.5. The molecule has 72 valence electrons. The molecule has 3 heteroatoms. The molecule has 0 amide bonds. The lowest BCUT2D eigenvalue weighted by Crippen LogP contribution is -2.50. The molecule has 0 aromatic heterocycles. The van der Waals surface area contributed by atoms with Crippen LogP contribution in [-0.2, 0) is 9.53 Å². The third-order valence-corrected chi connectivity index (χ3v) is 3.08. The molecule has 3 atom stereocenters. The Hall–Kier alpha value is -0.830. The van der Waals surface area contributed by atoms with Crippen LogP contribution >= 0.6 is 0 Å². The fourth-order valence-corrected chi connectivity index (χ4v) is 2.42. The number of hydrogen-bond acceptors (Lipinski definition) is 3. The van der Waals surface area contributed by atoms with E-state index in [1.165, 1.54) is 7.11 Å². The second-order valence-corrected chi connectivity index (χ2v) is 3.94. The summed E-state index contributed by atoms with van der Waals surface area (Å²) in [5.74, 6) is 0.531. The molecular weight excluding hydrogens is 166 g/mol. The molecule has 0 radical (unpaired) electrons. The zero-order valence-corrected chi connectivity index (χ0v) is 8.06. The zero-order chi connectivity index (χ0) is 9.42. The van der Waals surface area contributed by atoms with Gasteiger partial charge in [0.25, 0.3) is 0 Å². The molecule has 1 saturated heterocycles. The van der Waals surface area contributed by atoms with E-state index in [2.05, 4.69) is 24.1 Å². The van der Waals surface area contributed by atoms with E-state index in [9.17, 15) is 4.79 Å². The number of ether oxygens (including phenoxy) is 1. The van der Waals surface area contributed by atoms with Crippen LogP contribution in [0.15, 0.2) is 12.2 Å². The molecular formula is C10H15NO2. The van der Waals surface area contributed by atoms with Gasteiger partial charge in [-0.05, 0) is 19.4 Å². The smallest absolute Gasteiger partial charge is 0.310 e. The van der Waals surface area contributed by atoms with Crippen molar-refractivity contribution in [3.8, 4) is 0 Å². The first kappa shape index (κ1) is 8.75. The number of hydrogen-bond donors (Lipinski definition) is 0. The van der Waals surface area contributed by atoms with Crippen LogP contribution in [0.1, 0.15) is 6.42 Å². The minimum atomic E-state index is -0.0640. The number of carbonyl (C=O) groups excluding carboxylic acids is 1. The molecule has 2 bridgehead atoms. The van der Waals surface area contributed by atoms with Gasteiger partial charge >= 0.3 is 5.97 Å². The molecule has 0 aromatic rings. The summed E-state index contributed by atoms with van der Waals surface area (Å²) in [5.41, 5.74) is 0. The van der Waals surface area contributed by atoms with Crippen molar-refractivity contribution in [1.82, 2.24) is 4.90 Å². The van der Waals surface area contributed by atoms with Gasteiger partial charge in [-0.15, -0.1) is 0 Å². The van der Waals surface area contributed by atoms with Gasteiger partial charge in [-0.25, -0.2) is 0 Å². The van der Waals surface area contributed by atoms with E-state index in [-0.39, 0.29) is 17.9 Å². The lowest BCUT2D eigenvalue weighted by molar-refractivity contribution is -0.149. The molecule has 13 heavy (non-hydrogen) atoms. The van der Waals surface area contributed by atoms with E-state index in [0.29, 0.717) is 5.92 Å². The van der Waals surface area contributed by atoms with Crippen LogP contribution in [0.25, 0.3) is 0 Å². The number of fused-ring (bicyclic) bond motifs is 2. The summed E-state index contributed by atoms with van der Waals surface area (Å²) >= 11 is 0. The first-order valence-electron chi connectivity index (χ1n) is 4.68. The average molecular weight is 181 g/mol. The van der Waals surface area contributed by atoms with Gasteiger partial charge in [0.1, 0.15) is 0 Å². The van der Waals surface area contributed by atoms with Gasteiger partial charge in [-0.1, -0.05) is 12.2 Å². The Morgan fingerprint density at radius 1 is 1.54 bits per heavy atom. The molecule has 3 rings (SSSR count). The van der Waals surface area contributed by atoms with E-state index in [1.807, 2.05) is 0 Å². The van der Waals surface area contributed by atoms with Crippen LogP contribution in [-0.4, -0.2) is 37.6 Å². The fraction of sp³-hybridized carbons (Fsp3) is 0.700. The molecule has 2 heterocycles. The molecule has 0 N–H and O–H groups in total. The highest BCUT2D eigenvalue weighted by Crippen LogP contribution is 2.33. The summed E-state index contributed by atoms with van der Waals surface area (Å²) in [6.07, 6.45) is 5.32. The maximum Gasteiger partial charge on any atom is 0.310 e. The maximum atomic E-state index is 11.4. The SMILES string of the molecule is COC(=O)[C@@H]1C[C@H]2C=C[C@H]1N(C)C2. The lowest BCUT2D eigenvalue weighted by atomic mass is 9.78. The van der Waals surface area contributed by atoms with Crippen LogP contribution in [0.5, 0.6) is 0 Å². The Morgan fingerprint density at radius 3 is 2.85 bits per heavy atom. The fourth-order valence-electron chi connectivity index (χ4n) is 2.42. The first-order chi connectivity index (χ1) is 6.22. The predicted molar refractivity (Wildman–Crippen MR) is 49.2 cm³/mol. The normalized spacial score (nSPS) is 37.8. The van der Waals surface area contributed by atoms with Crippen molar-refractivity contribution in [1.29, 1.82) is 0 Å². The third-order valence-electron chi connectivity index (χ3n) is 3.08. The van der Waals surface area contributed by atoms with Crippen molar-refractivity contribution in [2.24, 2.45) is 11.8 Å². The number of carbonyl (C=O) groups is 1. The molecule has 1 aliphatic carbocycles. The van der Waals surface area contributed by atoms with Crippen LogP contribution in [0.4, 0.5) is 0 Å². The topological polar surface area (TPSA) is 29.5 Å². The Labute approximate surface area is 78.4 Å². The van der Waals surface area contributed by atoms with Crippen LogP contribution in [0, 0.1) is 11.8 Å². The number of rotatable bonds is 1. The first-order valence-corrected chi connectivity index (χ1v) is 4.68. The van der Waals surface area contributed by atoms with Crippen LogP contribution in [0.3, 0.4) is 0 Å². The average Bonchev–Trinajstić information content (AvgIpc) is 2.17. The summed E-state index contributed by atoms with van der Waals surface area (Å²) in [7, 11) is 3.53. The van der Waals surface area contributed by atoms with Crippen LogP contribution < -0.4 is 0 Å². The molecule has 0 spiro atoms. The highest BCUT2D eigenvalue weighted by Gasteiger charge is 2.39. The van der Waals surface area contributed by atoms with Gasteiger partial charge in [-0.2, -0.15) is 0 Å². The molecule has 0 unspecified atom stereocenters. The van der Waals surface area contributed by atoms with Gasteiger partial charge < -0.3 is 4.74 Å². The molecule has 0 aromatic carbocycles. The second kappa shape index (κ2) is 3.14. The maximum absolute atomic E-state index is 11.4. The third kappa shape index (κ3) is 1.37. The number of piperidine rings is 1. The van der Waals surface area contributed by atoms with Gasteiger partial charge in [0, 0.05) is 12.6 Å². The van der Waals surface area contributed by atoms with E-state index in [1.54, 1.807) is 0 Å². The minimum absolute atomic E-state index is 0.0544. The van der Waals surface area contributed by atoms with Crippen molar-refractivity contribution < 1.29 is 9.53 Å². The second-order valence-electron chi connectivity index (χ2n) is 3.94. The van der Waals surface area contributed by atoms with Crippen molar-refractivity contribution in [3.05, 3.63) is 12.2 Å². The van der Waals surface area contributed by atoms with E-state index >= 15 is 0 Å². The summed E-state index contributed by atoms with van der Waals surface area (Å²) in [5, 5.41) is 0. The monoisotopic (exact) mass is 181 g/mol. The lowest BCUT2D eigenvalue weighted by Gasteiger charge is -2.43. The molecule has 0 saturated carbocycles. The summed E-state index contributed by atoms with van der Waals surface area (Å²) in [6.45, 7) is 1.08. The minimum Gasteiger partial charge on any atom is -0.469 e. The van der Waals surface area contributed by atoms with E-state index < -0.39 is 0 Å². The predicted octanol–water partition coefficient (Wildman–Crippen LogP) is 0.666. The molecule has 2 aliphatic heterocycles. The van der Waals surface area contributed by atoms with Gasteiger partial charge in [0.05, 0.1) is 13.0 Å². The Kier molecular flexibility index (Phi) is 2.12. The largest absolute Gasteiger partial charge is 0.469 e. The molecule has 1 fully saturated rings. The number of likely N-dealkylation sites (N-methyl/N-ethyl adjacent to an activating group) is 1. The molecule has 3 nitrogen and oxygen atoms in total. The van der Waals surface area contributed by atoms with Crippen LogP contribution in [0.2, 0.25) is 0 Å². The number of esters is 1.